The number of phenols is 1. The third-order valence-corrected chi connectivity index (χ3v) is 3.63. The molecule has 3 rings (SSSR count). The number of nitrogens with zero attached hydrogens (tertiary/aromatic N) is 1. The summed E-state index contributed by atoms with van der Waals surface area (Å²) in [5.74, 6) is -0.272. The number of carbonyl (C=O) groups is 1. The molecule has 0 bridgehead atoms. The summed E-state index contributed by atoms with van der Waals surface area (Å²) in [5.41, 5.74) is -0.597. The molecule has 0 radical (unpaired) electrons. The van der Waals surface area contributed by atoms with Crippen LogP contribution in [-0.4, -0.2) is 27.7 Å². The number of H-pyrrole nitrogens is 1. The van der Waals surface area contributed by atoms with E-state index in [-0.39, 0.29) is 5.75 Å². The number of methoxy groups -OCH3 is 1. The van der Waals surface area contributed by atoms with E-state index in [9.17, 15) is 19.5 Å². The van der Waals surface area contributed by atoms with E-state index in [0.717, 1.165) is 4.57 Å². The third-order valence-electron chi connectivity index (χ3n) is 3.63. The van der Waals surface area contributed by atoms with Crippen LogP contribution >= 0.6 is 0 Å². The molecule has 7 nitrogen and oxygen atoms in total. The van der Waals surface area contributed by atoms with Crippen molar-refractivity contribution in [3.8, 4) is 11.5 Å². The first-order valence-corrected chi connectivity index (χ1v) is 7.35. The summed E-state index contributed by atoms with van der Waals surface area (Å²) in [6.07, 6.45) is 2.62. The molecule has 0 spiro atoms. The van der Waals surface area contributed by atoms with Gasteiger partial charge in [-0.25, -0.2) is 4.57 Å². The van der Waals surface area contributed by atoms with E-state index >= 15 is 0 Å². The number of hydrogen-bond acceptors (Lipinski definition) is 5. The molecule has 0 fully saturated rings. The zero-order chi connectivity index (χ0) is 18.0. The van der Waals surface area contributed by atoms with Crippen molar-refractivity contribution in [2.24, 2.45) is 0 Å². The lowest BCUT2D eigenvalue weighted by Gasteiger charge is -2.07. The predicted octanol–water partition coefficient (Wildman–Crippen LogP) is 1.76. The van der Waals surface area contributed by atoms with Crippen molar-refractivity contribution in [1.82, 2.24) is 9.55 Å². The Bertz CT molecular complexity index is 1110. The molecule has 0 aliphatic carbocycles. The number of aromatic amines is 1. The average Bonchev–Trinajstić information content (AvgIpc) is 2.61. The van der Waals surface area contributed by atoms with Gasteiger partial charge in [0.1, 0.15) is 11.5 Å². The van der Waals surface area contributed by atoms with Crippen molar-refractivity contribution in [3.05, 3.63) is 74.8 Å². The van der Waals surface area contributed by atoms with Gasteiger partial charge in [-0.2, -0.15) is 0 Å². The zero-order valence-corrected chi connectivity index (χ0v) is 13.2. The Balaban J connectivity index is 2.08. The molecule has 0 saturated heterocycles. The van der Waals surface area contributed by atoms with Crippen LogP contribution in [0.4, 0.5) is 0 Å². The van der Waals surface area contributed by atoms with Crippen LogP contribution < -0.4 is 15.9 Å². The number of fused-ring (bicyclic) bond motifs is 1. The molecule has 3 aromatic rings. The van der Waals surface area contributed by atoms with Crippen LogP contribution in [0.1, 0.15) is 10.4 Å². The number of ether oxygens (including phenoxy) is 1. The summed E-state index contributed by atoms with van der Waals surface area (Å²) in [6, 6.07) is 10.9. The zero-order valence-electron chi connectivity index (χ0n) is 13.2. The summed E-state index contributed by atoms with van der Waals surface area (Å²) in [7, 11) is 1.43. The highest BCUT2D eigenvalue weighted by molar-refractivity contribution is 5.98. The van der Waals surface area contributed by atoms with Gasteiger partial charge in [-0.05, 0) is 30.3 Å². The number of benzene rings is 2. The lowest BCUT2D eigenvalue weighted by atomic mass is 10.1. The van der Waals surface area contributed by atoms with Crippen molar-refractivity contribution in [2.75, 3.05) is 7.11 Å². The standard InChI is InChI=1S/C18H14N2O5/c1-25-15-10-12(21)8-6-11(15)7-9-16(22)20-14-5-3-2-4-13(14)19-17(23)18(20)24/h2-10,21H,1H3,(H,19,23)/b9-7+. The Morgan fingerprint density at radius 3 is 2.72 bits per heavy atom. The van der Waals surface area contributed by atoms with Gasteiger partial charge in [0.15, 0.2) is 0 Å². The van der Waals surface area contributed by atoms with Crippen molar-refractivity contribution >= 4 is 23.0 Å². The van der Waals surface area contributed by atoms with Gasteiger partial charge in [0.2, 0.25) is 0 Å². The Hall–Kier alpha value is -3.61. The molecule has 2 aromatic carbocycles. The van der Waals surface area contributed by atoms with Crippen molar-refractivity contribution < 1.29 is 14.6 Å². The first-order chi connectivity index (χ1) is 12.0. The fourth-order valence-corrected chi connectivity index (χ4v) is 2.45. The fourth-order valence-electron chi connectivity index (χ4n) is 2.45. The molecule has 25 heavy (non-hydrogen) atoms. The molecule has 2 N–H and O–H groups in total. The monoisotopic (exact) mass is 338 g/mol. The van der Waals surface area contributed by atoms with E-state index in [1.807, 2.05) is 0 Å². The van der Waals surface area contributed by atoms with E-state index < -0.39 is 17.0 Å². The molecule has 0 aliphatic rings. The number of aromatic hydroxyl groups is 1. The van der Waals surface area contributed by atoms with Crippen LogP contribution in [0.25, 0.3) is 17.1 Å². The molecule has 1 aromatic heterocycles. The Kier molecular flexibility index (Phi) is 4.21. The minimum atomic E-state index is -0.953. The summed E-state index contributed by atoms with van der Waals surface area (Å²) >= 11 is 0. The second-order valence-corrected chi connectivity index (χ2v) is 5.21. The Labute approximate surface area is 141 Å². The van der Waals surface area contributed by atoms with Crippen LogP contribution in [0.15, 0.2) is 58.1 Å². The van der Waals surface area contributed by atoms with Crippen LogP contribution in [0.2, 0.25) is 0 Å². The van der Waals surface area contributed by atoms with E-state index in [0.29, 0.717) is 22.3 Å². The first kappa shape index (κ1) is 16.3. The number of aromatic nitrogens is 2. The average molecular weight is 338 g/mol. The van der Waals surface area contributed by atoms with E-state index in [4.69, 9.17) is 4.74 Å². The van der Waals surface area contributed by atoms with Crippen molar-refractivity contribution in [2.45, 2.75) is 0 Å². The number of rotatable bonds is 3. The maximum absolute atomic E-state index is 12.5. The Morgan fingerprint density at radius 1 is 1.20 bits per heavy atom. The topological polar surface area (TPSA) is 101 Å². The number of phenolic OH excluding ortho intramolecular Hbond substituents is 1. The quantitative estimate of drug-likeness (QED) is 0.560. The molecule has 0 amide bonds. The van der Waals surface area contributed by atoms with Gasteiger partial charge in [-0.3, -0.25) is 14.4 Å². The van der Waals surface area contributed by atoms with Crippen molar-refractivity contribution in [1.29, 1.82) is 0 Å². The molecular weight excluding hydrogens is 324 g/mol. The molecule has 126 valence electrons. The summed E-state index contributed by atoms with van der Waals surface area (Å²) in [5, 5.41) is 9.45. The first-order valence-electron chi connectivity index (χ1n) is 7.35. The predicted molar refractivity (Wildman–Crippen MR) is 93.1 cm³/mol. The van der Waals surface area contributed by atoms with Crippen LogP contribution in [0.3, 0.4) is 0 Å². The minimum absolute atomic E-state index is 0.0251. The van der Waals surface area contributed by atoms with E-state index in [2.05, 4.69) is 4.98 Å². The molecule has 1 heterocycles. The third kappa shape index (κ3) is 3.07. The number of nitrogens with one attached hydrogen (secondary N) is 1. The lowest BCUT2D eigenvalue weighted by molar-refractivity contribution is 0.0970. The molecule has 0 unspecified atom stereocenters. The molecule has 0 atom stereocenters. The van der Waals surface area contributed by atoms with Gasteiger partial charge in [-0.15, -0.1) is 0 Å². The number of hydrogen-bond donors (Lipinski definition) is 2. The maximum atomic E-state index is 12.5. The second kappa shape index (κ2) is 6.48. The highest BCUT2D eigenvalue weighted by Gasteiger charge is 2.12. The van der Waals surface area contributed by atoms with Crippen molar-refractivity contribution in [3.63, 3.8) is 0 Å². The Morgan fingerprint density at radius 2 is 1.96 bits per heavy atom. The normalized spacial score (nSPS) is 11.1. The van der Waals surface area contributed by atoms with Crippen LogP contribution in [0, 0.1) is 0 Å². The maximum Gasteiger partial charge on any atom is 0.323 e. The van der Waals surface area contributed by atoms with E-state index in [1.165, 1.54) is 31.4 Å². The second-order valence-electron chi connectivity index (χ2n) is 5.21. The minimum Gasteiger partial charge on any atom is -0.508 e. The SMILES string of the molecule is COc1cc(O)ccc1/C=C/C(=O)n1c(=O)c(=O)[nH]c2ccccc21. The fraction of sp³-hybridized carbons (Fsp3) is 0.0556. The summed E-state index contributed by atoms with van der Waals surface area (Å²) in [6.45, 7) is 0. The molecule has 0 saturated carbocycles. The van der Waals surface area contributed by atoms with Gasteiger partial charge in [0, 0.05) is 17.7 Å². The van der Waals surface area contributed by atoms with Gasteiger partial charge in [-0.1, -0.05) is 12.1 Å². The van der Waals surface area contributed by atoms with Gasteiger partial charge in [0.25, 0.3) is 5.91 Å². The smallest absolute Gasteiger partial charge is 0.323 e. The number of para-hydroxylation sites is 2. The van der Waals surface area contributed by atoms with Crippen LogP contribution in [0.5, 0.6) is 11.5 Å². The van der Waals surface area contributed by atoms with Crippen LogP contribution in [-0.2, 0) is 0 Å². The largest absolute Gasteiger partial charge is 0.508 e. The van der Waals surface area contributed by atoms with E-state index in [1.54, 1.807) is 30.3 Å². The summed E-state index contributed by atoms with van der Waals surface area (Å²) in [4.78, 5) is 38.8. The molecular formula is C18H14N2O5. The van der Waals surface area contributed by atoms with Gasteiger partial charge in [0.05, 0.1) is 18.1 Å². The molecule has 7 heteroatoms. The lowest BCUT2D eigenvalue weighted by Crippen LogP contribution is -2.38. The highest BCUT2D eigenvalue weighted by Crippen LogP contribution is 2.24. The van der Waals surface area contributed by atoms with Gasteiger partial charge < -0.3 is 14.8 Å². The number of allylic oxidation sites excluding steroid dienone is 1. The highest BCUT2D eigenvalue weighted by atomic mass is 16.5. The summed E-state index contributed by atoms with van der Waals surface area (Å²) < 4.78 is 5.95. The number of carbonyl (C=O) groups excluding carboxylic acids is 1. The molecule has 0 aliphatic heterocycles. The van der Waals surface area contributed by atoms with Gasteiger partial charge >= 0.3 is 11.1 Å².